The lowest BCUT2D eigenvalue weighted by Gasteiger charge is -2.33. The maximum Gasteiger partial charge on any atom is 0.219 e. The van der Waals surface area contributed by atoms with Crippen LogP contribution in [0.2, 0.25) is 0 Å². The zero-order chi connectivity index (χ0) is 15.5. The van der Waals surface area contributed by atoms with E-state index in [4.69, 9.17) is 5.73 Å². The van der Waals surface area contributed by atoms with Gasteiger partial charge in [-0.1, -0.05) is 24.3 Å². The van der Waals surface area contributed by atoms with Gasteiger partial charge in [0.2, 0.25) is 15.9 Å². The van der Waals surface area contributed by atoms with Gasteiger partial charge in [-0.15, -0.1) is 0 Å². The molecule has 0 radical (unpaired) electrons. The minimum Gasteiger partial charge on any atom is -0.340 e. The molecule has 1 aliphatic heterocycles. The van der Waals surface area contributed by atoms with E-state index in [1.807, 2.05) is 12.1 Å². The SMILES string of the molecule is CC(=O)N1CCN(S(=O)(=O)Cc2ccc(CN)cc2)CC1. The third-order valence-electron chi connectivity index (χ3n) is 3.69. The predicted octanol–water partition coefficient (Wildman–Crippen LogP) is 0.139. The number of nitrogens with zero attached hydrogens (tertiary/aromatic N) is 2. The van der Waals surface area contributed by atoms with Gasteiger partial charge in [0.15, 0.2) is 0 Å². The Hall–Kier alpha value is -1.44. The first kappa shape index (κ1) is 15.9. The summed E-state index contributed by atoms with van der Waals surface area (Å²) in [5, 5.41) is 0. The molecule has 2 N–H and O–H groups in total. The first-order valence-corrected chi connectivity index (χ1v) is 8.54. The molecule has 116 valence electrons. The lowest BCUT2D eigenvalue weighted by atomic mass is 10.1. The summed E-state index contributed by atoms with van der Waals surface area (Å²) in [7, 11) is -3.34. The summed E-state index contributed by atoms with van der Waals surface area (Å²) in [6.07, 6.45) is 0. The van der Waals surface area contributed by atoms with E-state index in [1.54, 1.807) is 17.0 Å². The van der Waals surface area contributed by atoms with Crippen molar-refractivity contribution in [3.05, 3.63) is 35.4 Å². The zero-order valence-corrected chi connectivity index (χ0v) is 13.0. The fourth-order valence-electron chi connectivity index (χ4n) is 2.35. The van der Waals surface area contributed by atoms with Crippen LogP contribution in [-0.4, -0.2) is 49.7 Å². The molecule has 1 fully saturated rings. The number of carbonyl (C=O) groups is 1. The summed E-state index contributed by atoms with van der Waals surface area (Å²) >= 11 is 0. The van der Waals surface area contributed by atoms with Gasteiger partial charge in [0.1, 0.15) is 0 Å². The summed E-state index contributed by atoms with van der Waals surface area (Å²) in [6, 6.07) is 7.29. The van der Waals surface area contributed by atoms with Crippen LogP contribution in [0.5, 0.6) is 0 Å². The molecule has 0 atom stereocenters. The predicted molar refractivity (Wildman–Crippen MR) is 80.8 cm³/mol. The monoisotopic (exact) mass is 311 g/mol. The van der Waals surface area contributed by atoms with Crippen molar-refractivity contribution in [1.29, 1.82) is 0 Å². The quantitative estimate of drug-likeness (QED) is 0.857. The van der Waals surface area contributed by atoms with Crippen molar-refractivity contribution in [3.63, 3.8) is 0 Å². The Morgan fingerprint density at radius 3 is 2.10 bits per heavy atom. The molecule has 7 heteroatoms. The van der Waals surface area contributed by atoms with Crippen LogP contribution in [0.1, 0.15) is 18.1 Å². The smallest absolute Gasteiger partial charge is 0.219 e. The summed E-state index contributed by atoms with van der Waals surface area (Å²) in [6.45, 7) is 3.59. The van der Waals surface area contributed by atoms with Crippen molar-refractivity contribution in [2.24, 2.45) is 5.73 Å². The maximum absolute atomic E-state index is 12.4. The standard InChI is InChI=1S/C14H21N3O3S/c1-12(18)16-6-8-17(9-7-16)21(19,20)11-14-4-2-13(10-15)3-5-14/h2-5H,6-11,15H2,1H3. The number of carbonyl (C=O) groups excluding carboxylic acids is 1. The number of hydrogen-bond acceptors (Lipinski definition) is 4. The van der Waals surface area contributed by atoms with Crippen molar-refractivity contribution in [3.8, 4) is 0 Å². The van der Waals surface area contributed by atoms with Crippen LogP contribution in [0.3, 0.4) is 0 Å². The van der Waals surface area contributed by atoms with Crippen molar-refractivity contribution in [1.82, 2.24) is 9.21 Å². The molecule has 0 saturated carbocycles. The first-order valence-electron chi connectivity index (χ1n) is 6.93. The van der Waals surface area contributed by atoms with E-state index in [1.165, 1.54) is 11.2 Å². The minimum atomic E-state index is -3.34. The second-order valence-corrected chi connectivity index (χ2v) is 7.15. The second-order valence-electron chi connectivity index (χ2n) is 5.18. The Bertz CT molecular complexity index is 590. The van der Waals surface area contributed by atoms with E-state index < -0.39 is 10.0 Å². The average Bonchev–Trinajstić information content (AvgIpc) is 2.48. The van der Waals surface area contributed by atoms with E-state index >= 15 is 0 Å². The van der Waals surface area contributed by atoms with E-state index in [2.05, 4.69) is 0 Å². The number of amides is 1. The fourth-order valence-corrected chi connectivity index (χ4v) is 3.87. The lowest BCUT2D eigenvalue weighted by molar-refractivity contribution is -0.129. The number of sulfonamides is 1. The van der Waals surface area contributed by atoms with Crippen LogP contribution in [0.15, 0.2) is 24.3 Å². The van der Waals surface area contributed by atoms with Gasteiger partial charge in [-0.3, -0.25) is 4.79 Å². The van der Waals surface area contributed by atoms with Gasteiger partial charge in [0.05, 0.1) is 5.75 Å². The van der Waals surface area contributed by atoms with Crippen LogP contribution in [0, 0.1) is 0 Å². The molecule has 1 saturated heterocycles. The van der Waals surface area contributed by atoms with E-state index in [9.17, 15) is 13.2 Å². The molecule has 0 spiro atoms. The number of piperazine rings is 1. The number of rotatable bonds is 4. The Balaban J connectivity index is 2.00. The lowest BCUT2D eigenvalue weighted by Crippen LogP contribution is -2.50. The van der Waals surface area contributed by atoms with Gasteiger partial charge in [0, 0.05) is 39.6 Å². The normalized spacial score (nSPS) is 17.0. The summed E-state index contributed by atoms with van der Waals surface area (Å²) in [5.41, 5.74) is 7.25. The van der Waals surface area contributed by atoms with Crippen molar-refractivity contribution in [2.45, 2.75) is 19.2 Å². The Morgan fingerprint density at radius 1 is 1.10 bits per heavy atom. The molecule has 0 aromatic heterocycles. The molecule has 1 heterocycles. The molecule has 6 nitrogen and oxygen atoms in total. The van der Waals surface area contributed by atoms with Gasteiger partial charge in [-0.25, -0.2) is 8.42 Å². The van der Waals surface area contributed by atoms with Crippen LogP contribution in [0.4, 0.5) is 0 Å². The number of benzene rings is 1. The van der Waals surface area contributed by atoms with E-state index in [-0.39, 0.29) is 11.7 Å². The van der Waals surface area contributed by atoms with Crippen LogP contribution in [-0.2, 0) is 27.1 Å². The first-order chi connectivity index (χ1) is 9.92. The third kappa shape index (κ3) is 4.03. The van der Waals surface area contributed by atoms with Crippen LogP contribution >= 0.6 is 0 Å². The molecular weight excluding hydrogens is 290 g/mol. The van der Waals surface area contributed by atoms with Crippen LogP contribution in [0.25, 0.3) is 0 Å². The maximum atomic E-state index is 12.4. The molecule has 2 rings (SSSR count). The molecule has 0 unspecified atom stereocenters. The summed E-state index contributed by atoms with van der Waals surface area (Å²) in [4.78, 5) is 12.9. The van der Waals surface area contributed by atoms with Crippen LogP contribution < -0.4 is 5.73 Å². The Morgan fingerprint density at radius 2 is 1.62 bits per heavy atom. The number of hydrogen-bond donors (Lipinski definition) is 1. The van der Waals surface area contributed by atoms with Gasteiger partial charge in [0.25, 0.3) is 0 Å². The van der Waals surface area contributed by atoms with Gasteiger partial charge in [-0.2, -0.15) is 4.31 Å². The highest BCUT2D eigenvalue weighted by atomic mass is 32.2. The Kier molecular flexibility index (Phi) is 4.97. The van der Waals surface area contributed by atoms with Gasteiger partial charge < -0.3 is 10.6 Å². The molecule has 0 aliphatic carbocycles. The largest absolute Gasteiger partial charge is 0.340 e. The number of nitrogens with two attached hydrogens (primary N) is 1. The van der Waals surface area contributed by atoms with Gasteiger partial charge >= 0.3 is 0 Å². The minimum absolute atomic E-state index is 0.00980. The molecule has 1 amide bonds. The highest BCUT2D eigenvalue weighted by Crippen LogP contribution is 2.14. The molecule has 1 aromatic rings. The Labute approximate surface area is 125 Å². The highest BCUT2D eigenvalue weighted by Gasteiger charge is 2.27. The van der Waals surface area contributed by atoms with E-state index in [0.717, 1.165) is 11.1 Å². The molecule has 1 aromatic carbocycles. The fraction of sp³-hybridized carbons (Fsp3) is 0.500. The molecule has 0 bridgehead atoms. The molecule has 21 heavy (non-hydrogen) atoms. The summed E-state index contributed by atoms with van der Waals surface area (Å²) < 4.78 is 26.2. The summed E-state index contributed by atoms with van der Waals surface area (Å²) in [5.74, 6) is -0.0257. The third-order valence-corrected chi connectivity index (χ3v) is 5.54. The molecule has 1 aliphatic rings. The average molecular weight is 311 g/mol. The topological polar surface area (TPSA) is 83.7 Å². The second kappa shape index (κ2) is 6.55. The van der Waals surface area contributed by atoms with Crippen molar-refractivity contribution >= 4 is 15.9 Å². The van der Waals surface area contributed by atoms with Gasteiger partial charge in [-0.05, 0) is 11.1 Å². The van der Waals surface area contributed by atoms with E-state index in [0.29, 0.717) is 32.7 Å². The van der Waals surface area contributed by atoms with Crippen molar-refractivity contribution < 1.29 is 13.2 Å². The highest BCUT2D eigenvalue weighted by molar-refractivity contribution is 7.88. The zero-order valence-electron chi connectivity index (χ0n) is 12.2. The van der Waals surface area contributed by atoms with Crippen molar-refractivity contribution in [2.75, 3.05) is 26.2 Å². The molecular formula is C14H21N3O3S.